The van der Waals surface area contributed by atoms with Crippen LogP contribution in [-0.4, -0.2) is 17.2 Å². The Morgan fingerprint density at radius 1 is 0.950 bits per heavy atom. The van der Waals surface area contributed by atoms with Crippen molar-refractivity contribution >= 4 is 12.1 Å². The molecule has 0 heterocycles. The molecule has 5 heteroatoms. The van der Waals surface area contributed by atoms with E-state index >= 15 is 0 Å². The predicted octanol–water partition coefficient (Wildman–Crippen LogP) is 3.10. The molecule has 0 radical (unpaired) electrons. The Balaban J connectivity index is 2.07. The topological polar surface area (TPSA) is 72.8 Å². The molecule has 1 N–H and O–H groups in total. The maximum Gasteiger partial charge on any atom is 0.511 e. The lowest BCUT2D eigenvalue weighted by Crippen LogP contribution is -2.10. The van der Waals surface area contributed by atoms with Crippen molar-refractivity contribution in [1.82, 2.24) is 0 Å². The number of esters is 1. The van der Waals surface area contributed by atoms with Gasteiger partial charge in [0.25, 0.3) is 0 Å². The van der Waals surface area contributed by atoms with E-state index in [0.717, 1.165) is 5.56 Å². The molecule has 0 spiro atoms. The van der Waals surface area contributed by atoms with Crippen molar-refractivity contribution in [2.75, 3.05) is 0 Å². The fourth-order valence-corrected chi connectivity index (χ4v) is 1.62. The Morgan fingerprint density at radius 3 is 2.30 bits per heavy atom. The van der Waals surface area contributed by atoms with Crippen molar-refractivity contribution in [3.05, 3.63) is 65.7 Å². The minimum atomic E-state index is -1.48. The molecule has 2 rings (SSSR count). The third kappa shape index (κ3) is 3.58. The number of hydrogen-bond donors (Lipinski definition) is 1. The van der Waals surface area contributed by atoms with E-state index in [1.54, 1.807) is 12.1 Å². The molecule has 0 saturated heterocycles. The van der Waals surface area contributed by atoms with Crippen LogP contribution in [-0.2, 0) is 11.3 Å². The van der Waals surface area contributed by atoms with Crippen molar-refractivity contribution in [3.63, 3.8) is 0 Å². The molecule has 0 fully saturated rings. The molecule has 0 bridgehead atoms. The lowest BCUT2D eigenvalue weighted by atomic mass is 10.2. The maximum atomic E-state index is 11.9. The minimum absolute atomic E-state index is 0.0435. The molecule has 0 unspecified atom stereocenters. The molecule has 0 aliphatic heterocycles. The summed E-state index contributed by atoms with van der Waals surface area (Å²) in [6.45, 7) is 0.112. The van der Waals surface area contributed by atoms with E-state index in [1.165, 1.54) is 12.1 Å². The van der Waals surface area contributed by atoms with Crippen LogP contribution in [0.3, 0.4) is 0 Å². The van der Waals surface area contributed by atoms with Crippen molar-refractivity contribution in [2.24, 2.45) is 0 Å². The Bertz CT molecular complexity index is 607. The monoisotopic (exact) mass is 272 g/mol. The van der Waals surface area contributed by atoms with Crippen molar-refractivity contribution in [3.8, 4) is 5.75 Å². The summed E-state index contributed by atoms with van der Waals surface area (Å²) in [5.74, 6) is -0.677. The van der Waals surface area contributed by atoms with Crippen LogP contribution in [0, 0.1) is 0 Å². The van der Waals surface area contributed by atoms with Crippen molar-refractivity contribution in [1.29, 1.82) is 0 Å². The number of carbonyl (C=O) groups is 2. The van der Waals surface area contributed by atoms with Gasteiger partial charge in [0, 0.05) is 0 Å². The quantitative estimate of drug-likeness (QED) is 0.684. The highest BCUT2D eigenvalue weighted by Crippen LogP contribution is 2.19. The molecule has 5 nitrogen and oxygen atoms in total. The van der Waals surface area contributed by atoms with Crippen molar-refractivity contribution in [2.45, 2.75) is 6.61 Å². The number of rotatable bonds is 4. The van der Waals surface area contributed by atoms with Crippen LogP contribution in [0.4, 0.5) is 4.79 Å². The van der Waals surface area contributed by atoms with Gasteiger partial charge in [-0.3, -0.25) is 0 Å². The molecule has 0 atom stereocenters. The number of para-hydroxylation sites is 1. The molecule has 0 aromatic heterocycles. The van der Waals surface area contributed by atoms with Gasteiger partial charge in [-0.2, -0.15) is 0 Å². The Kier molecular flexibility index (Phi) is 4.34. The first-order valence-electron chi connectivity index (χ1n) is 5.87. The highest BCUT2D eigenvalue weighted by molar-refractivity contribution is 5.93. The number of ether oxygens (including phenoxy) is 2. The van der Waals surface area contributed by atoms with Crippen LogP contribution in [0.15, 0.2) is 54.6 Å². The van der Waals surface area contributed by atoms with Gasteiger partial charge in [0.1, 0.15) is 17.9 Å². The molecule has 0 saturated carbocycles. The van der Waals surface area contributed by atoms with Crippen LogP contribution in [0.5, 0.6) is 5.75 Å². The summed E-state index contributed by atoms with van der Waals surface area (Å²) in [5, 5.41) is 8.61. The number of hydrogen-bond acceptors (Lipinski definition) is 4. The second-order valence-corrected chi connectivity index (χ2v) is 3.93. The molecule has 0 amide bonds. The SMILES string of the molecule is O=C(O)Oc1ccccc1C(=O)OCc1ccccc1. The summed E-state index contributed by atoms with van der Waals surface area (Å²) >= 11 is 0. The average Bonchev–Trinajstić information content (AvgIpc) is 2.46. The van der Waals surface area contributed by atoms with Crippen LogP contribution in [0.25, 0.3) is 0 Å². The second kappa shape index (κ2) is 6.38. The van der Waals surface area contributed by atoms with E-state index in [2.05, 4.69) is 4.74 Å². The van der Waals surface area contributed by atoms with Gasteiger partial charge in [0.2, 0.25) is 0 Å². The van der Waals surface area contributed by atoms with Gasteiger partial charge in [-0.05, 0) is 17.7 Å². The van der Waals surface area contributed by atoms with Gasteiger partial charge in [0.05, 0.1) is 0 Å². The fraction of sp³-hybridized carbons (Fsp3) is 0.0667. The highest BCUT2D eigenvalue weighted by atomic mass is 16.7. The third-order valence-corrected chi connectivity index (χ3v) is 2.52. The summed E-state index contributed by atoms with van der Waals surface area (Å²) in [4.78, 5) is 22.5. The van der Waals surface area contributed by atoms with E-state index in [4.69, 9.17) is 9.84 Å². The first kappa shape index (κ1) is 13.6. The van der Waals surface area contributed by atoms with Gasteiger partial charge in [-0.15, -0.1) is 0 Å². The smallest absolute Gasteiger partial charge is 0.457 e. The van der Waals surface area contributed by atoms with Crippen molar-refractivity contribution < 1.29 is 24.2 Å². The summed E-state index contributed by atoms with van der Waals surface area (Å²) in [5.41, 5.74) is 0.920. The molecule has 0 aliphatic rings. The normalized spacial score (nSPS) is 9.80. The van der Waals surface area contributed by atoms with Gasteiger partial charge >= 0.3 is 12.1 Å². The molecular weight excluding hydrogens is 260 g/mol. The number of carbonyl (C=O) groups excluding carboxylic acids is 1. The first-order chi connectivity index (χ1) is 9.66. The first-order valence-corrected chi connectivity index (χ1v) is 5.87. The average molecular weight is 272 g/mol. The van der Waals surface area contributed by atoms with Gasteiger partial charge in [0.15, 0.2) is 0 Å². The van der Waals surface area contributed by atoms with E-state index < -0.39 is 12.1 Å². The van der Waals surface area contributed by atoms with Crippen LogP contribution in [0.1, 0.15) is 15.9 Å². The molecule has 20 heavy (non-hydrogen) atoms. The summed E-state index contributed by atoms with van der Waals surface area (Å²) in [6.07, 6.45) is -1.48. The van der Waals surface area contributed by atoms with E-state index in [1.807, 2.05) is 30.3 Å². The zero-order valence-corrected chi connectivity index (χ0v) is 10.5. The lowest BCUT2D eigenvalue weighted by Gasteiger charge is -2.08. The van der Waals surface area contributed by atoms with E-state index in [9.17, 15) is 9.59 Å². The molecular formula is C15H12O5. The Morgan fingerprint density at radius 2 is 1.60 bits per heavy atom. The maximum absolute atomic E-state index is 11.9. The van der Waals surface area contributed by atoms with Gasteiger partial charge < -0.3 is 14.6 Å². The standard InChI is InChI=1S/C15H12O5/c16-14(19-10-11-6-2-1-3-7-11)12-8-4-5-9-13(12)20-15(17)18/h1-9H,10H2,(H,17,18). The lowest BCUT2D eigenvalue weighted by molar-refractivity contribution is 0.0469. The second-order valence-electron chi connectivity index (χ2n) is 3.93. The van der Waals surface area contributed by atoms with E-state index in [0.29, 0.717) is 0 Å². The molecule has 102 valence electrons. The Hall–Kier alpha value is -2.82. The van der Waals surface area contributed by atoms with Crippen LogP contribution < -0.4 is 4.74 Å². The van der Waals surface area contributed by atoms with E-state index in [-0.39, 0.29) is 17.9 Å². The van der Waals surface area contributed by atoms with Crippen LogP contribution >= 0.6 is 0 Å². The minimum Gasteiger partial charge on any atom is -0.457 e. The predicted molar refractivity (Wildman–Crippen MR) is 70.7 cm³/mol. The molecule has 2 aromatic carbocycles. The number of benzene rings is 2. The zero-order valence-electron chi connectivity index (χ0n) is 10.5. The molecule has 2 aromatic rings. The largest absolute Gasteiger partial charge is 0.511 e. The summed E-state index contributed by atoms with van der Waals surface area (Å²) in [6, 6.07) is 15.2. The Labute approximate surface area is 115 Å². The van der Waals surface area contributed by atoms with Gasteiger partial charge in [-0.1, -0.05) is 42.5 Å². The highest BCUT2D eigenvalue weighted by Gasteiger charge is 2.15. The zero-order chi connectivity index (χ0) is 14.4. The number of carboxylic acid groups (broad SMARTS) is 1. The summed E-state index contributed by atoms with van der Waals surface area (Å²) < 4.78 is 9.66. The molecule has 0 aliphatic carbocycles. The fourth-order valence-electron chi connectivity index (χ4n) is 1.62. The summed E-state index contributed by atoms with van der Waals surface area (Å²) in [7, 11) is 0. The van der Waals surface area contributed by atoms with Crippen LogP contribution in [0.2, 0.25) is 0 Å². The van der Waals surface area contributed by atoms with Gasteiger partial charge in [-0.25, -0.2) is 9.59 Å². The third-order valence-electron chi connectivity index (χ3n) is 2.52.